The highest BCUT2D eigenvalue weighted by Gasteiger charge is 2.19. The average molecular weight is 280 g/mol. The van der Waals surface area contributed by atoms with E-state index in [1.54, 1.807) is 0 Å². The minimum atomic E-state index is 0.744. The molecule has 0 bridgehead atoms. The molecular formula is C15H28N4O. The van der Waals surface area contributed by atoms with Crippen molar-refractivity contribution in [3.8, 4) is 0 Å². The molecular weight excluding hydrogens is 252 g/mol. The van der Waals surface area contributed by atoms with E-state index in [2.05, 4.69) is 33.0 Å². The summed E-state index contributed by atoms with van der Waals surface area (Å²) in [5, 5.41) is 3.52. The first-order chi connectivity index (χ1) is 9.69. The quantitative estimate of drug-likeness (QED) is 0.739. The van der Waals surface area contributed by atoms with Gasteiger partial charge in [-0.3, -0.25) is 0 Å². The molecule has 1 aromatic rings. The number of nitrogens with one attached hydrogen (secondary N) is 1. The summed E-state index contributed by atoms with van der Waals surface area (Å²) in [6, 6.07) is 0. The molecule has 0 aliphatic carbocycles. The number of imidazole rings is 1. The number of rotatable bonds is 8. The number of likely N-dealkylation sites (tertiary alicyclic amines) is 1. The van der Waals surface area contributed by atoms with Crippen LogP contribution in [0.3, 0.4) is 0 Å². The Hall–Kier alpha value is -1.07. The van der Waals surface area contributed by atoms with E-state index in [1.807, 2.05) is 13.8 Å². The molecule has 20 heavy (non-hydrogen) atoms. The molecule has 2 rings (SSSR count). The number of aryl methyl sites for hydroxylation is 2. The Morgan fingerprint density at radius 3 is 3.05 bits per heavy atom. The topological polar surface area (TPSA) is 42.3 Å². The normalized spacial score (nSPS) is 19.6. The SMILES string of the molecule is CCOCCCn1cc(C)nc1NCC1CCN(C)C1. The van der Waals surface area contributed by atoms with Crippen LogP contribution in [0.2, 0.25) is 0 Å². The Labute approximate surface area is 122 Å². The van der Waals surface area contributed by atoms with Gasteiger partial charge in [-0.2, -0.15) is 0 Å². The van der Waals surface area contributed by atoms with Crippen molar-refractivity contribution < 1.29 is 4.74 Å². The lowest BCUT2D eigenvalue weighted by Crippen LogP contribution is -2.20. The Bertz CT molecular complexity index is 405. The first-order valence-electron chi connectivity index (χ1n) is 7.73. The highest BCUT2D eigenvalue weighted by Crippen LogP contribution is 2.16. The van der Waals surface area contributed by atoms with Crippen molar-refractivity contribution in [1.82, 2.24) is 14.5 Å². The second kappa shape index (κ2) is 7.64. The van der Waals surface area contributed by atoms with Gasteiger partial charge in [0.2, 0.25) is 5.95 Å². The molecule has 5 heteroatoms. The third-order valence-corrected chi connectivity index (χ3v) is 3.83. The van der Waals surface area contributed by atoms with Gasteiger partial charge < -0.3 is 19.5 Å². The number of ether oxygens (including phenoxy) is 1. The Morgan fingerprint density at radius 1 is 1.50 bits per heavy atom. The van der Waals surface area contributed by atoms with Crippen LogP contribution in [0, 0.1) is 12.8 Å². The molecule has 0 amide bonds. The van der Waals surface area contributed by atoms with E-state index in [4.69, 9.17) is 4.74 Å². The number of hydrogen-bond acceptors (Lipinski definition) is 4. The van der Waals surface area contributed by atoms with Crippen LogP contribution >= 0.6 is 0 Å². The zero-order valence-corrected chi connectivity index (χ0v) is 13.1. The van der Waals surface area contributed by atoms with Crippen molar-refractivity contribution in [3.05, 3.63) is 11.9 Å². The van der Waals surface area contributed by atoms with E-state index in [0.717, 1.165) is 50.3 Å². The summed E-state index contributed by atoms with van der Waals surface area (Å²) in [6.45, 7) is 10.1. The van der Waals surface area contributed by atoms with Gasteiger partial charge in [0.25, 0.3) is 0 Å². The second-order valence-electron chi connectivity index (χ2n) is 5.75. The van der Waals surface area contributed by atoms with E-state index in [9.17, 15) is 0 Å². The van der Waals surface area contributed by atoms with Crippen molar-refractivity contribution in [2.24, 2.45) is 5.92 Å². The van der Waals surface area contributed by atoms with E-state index in [1.165, 1.54) is 19.5 Å². The first kappa shape index (κ1) is 15.3. The van der Waals surface area contributed by atoms with Gasteiger partial charge in [-0.1, -0.05) is 0 Å². The minimum Gasteiger partial charge on any atom is -0.382 e. The van der Waals surface area contributed by atoms with Crippen LogP contribution in [-0.2, 0) is 11.3 Å². The van der Waals surface area contributed by atoms with Crippen LogP contribution in [0.25, 0.3) is 0 Å². The maximum Gasteiger partial charge on any atom is 0.203 e. The predicted molar refractivity (Wildman–Crippen MR) is 82.2 cm³/mol. The smallest absolute Gasteiger partial charge is 0.203 e. The molecule has 114 valence electrons. The number of aromatic nitrogens is 2. The van der Waals surface area contributed by atoms with E-state index in [-0.39, 0.29) is 0 Å². The van der Waals surface area contributed by atoms with E-state index in [0.29, 0.717) is 0 Å². The number of anilines is 1. The summed E-state index contributed by atoms with van der Waals surface area (Å²) >= 11 is 0. The number of hydrogen-bond donors (Lipinski definition) is 1. The molecule has 1 N–H and O–H groups in total. The van der Waals surface area contributed by atoms with Crippen LogP contribution in [-0.4, -0.2) is 54.3 Å². The third-order valence-electron chi connectivity index (χ3n) is 3.83. The molecule has 0 spiro atoms. The highest BCUT2D eigenvalue weighted by atomic mass is 16.5. The molecule has 1 aromatic heterocycles. The van der Waals surface area contributed by atoms with Crippen LogP contribution in [0.4, 0.5) is 5.95 Å². The summed E-state index contributed by atoms with van der Waals surface area (Å²) in [7, 11) is 2.19. The summed E-state index contributed by atoms with van der Waals surface area (Å²) < 4.78 is 7.61. The third kappa shape index (κ3) is 4.49. The average Bonchev–Trinajstić information content (AvgIpc) is 2.98. The van der Waals surface area contributed by atoms with Crippen LogP contribution < -0.4 is 5.32 Å². The molecule has 1 aliphatic heterocycles. The molecule has 1 fully saturated rings. The monoisotopic (exact) mass is 280 g/mol. The molecule has 2 heterocycles. The number of nitrogens with zero attached hydrogens (tertiary/aromatic N) is 3. The van der Waals surface area contributed by atoms with Gasteiger partial charge in [0.1, 0.15) is 0 Å². The summed E-state index contributed by atoms with van der Waals surface area (Å²) in [4.78, 5) is 6.98. The van der Waals surface area contributed by atoms with E-state index < -0.39 is 0 Å². The maximum atomic E-state index is 5.40. The zero-order valence-electron chi connectivity index (χ0n) is 13.1. The van der Waals surface area contributed by atoms with Gasteiger partial charge in [0.05, 0.1) is 5.69 Å². The van der Waals surface area contributed by atoms with Gasteiger partial charge in [-0.15, -0.1) is 0 Å². The fourth-order valence-electron chi connectivity index (χ4n) is 2.77. The fraction of sp³-hybridized carbons (Fsp3) is 0.800. The van der Waals surface area contributed by atoms with Gasteiger partial charge in [-0.25, -0.2) is 4.98 Å². The van der Waals surface area contributed by atoms with Gasteiger partial charge in [0, 0.05) is 39.0 Å². The van der Waals surface area contributed by atoms with Crippen molar-refractivity contribution in [2.45, 2.75) is 33.2 Å². The molecule has 1 saturated heterocycles. The molecule has 0 saturated carbocycles. The first-order valence-corrected chi connectivity index (χ1v) is 7.73. The minimum absolute atomic E-state index is 0.744. The lowest BCUT2D eigenvalue weighted by molar-refractivity contribution is 0.142. The molecule has 5 nitrogen and oxygen atoms in total. The van der Waals surface area contributed by atoms with Crippen LogP contribution in [0.15, 0.2) is 6.20 Å². The van der Waals surface area contributed by atoms with Crippen LogP contribution in [0.5, 0.6) is 0 Å². The molecule has 0 radical (unpaired) electrons. The molecule has 0 aromatic carbocycles. The Morgan fingerprint density at radius 2 is 2.35 bits per heavy atom. The van der Waals surface area contributed by atoms with Crippen molar-refractivity contribution in [2.75, 3.05) is 45.2 Å². The van der Waals surface area contributed by atoms with Gasteiger partial charge >= 0.3 is 0 Å². The Balaban J connectivity index is 1.80. The predicted octanol–water partition coefficient (Wildman–Crippen LogP) is 1.98. The molecule has 1 unspecified atom stereocenters. The fourth-order valence-corrected chi connectivity index (χ4v) is 2.77. The van der Waals surface area contributed by atoms with Gasteiger partial charge in [0.15, 0.2) is 0 Å². The Kier molecular flexibility index (Phi) is 5.86. The summed E-state index contributed by atoms with van der Waals surface area (Å²) in [6.07, 6.45) is 4.44. The summed E-state index contributed by atoms with van der Waals surface area (Å²) in [5.74, 6) is 1.75. The van der Waals surface area contributed by atoms with Gasteiger partial charge in [-0.05, 0) is 46.2 Å². The summed E-state index contributed by atoms with van der Waals surface area (Å²) in [5.41, 5.74) is 1.08. The van der Waals surface area contributed by atoms with E-state index >= 15 is 0 Å². The van der Waals surface area contributed by atoms with Crippen molar-refractivity contribution in [3.63, 3.8) is 0 Å². The van der Waals surface area contributed by atoms with Crippen molar-refractivity contribution in [1.29, 1.82) is 0 Å². The lowest BCUT2D eigenvalue weighted by atomic mass is 10.1. The highest BCUT2D eigenvalue weighted by molar-refractivity contribution is 5.28. The maximum absolute atomic E-state index is 5.40. The second-order valence-corrected chi connectivity index (χ2v) is 5.75. The zero-order chi connectivity index (χ0) is 14.4. The molecule has 1 atom stereocenters. The molecule has 1 aliphatic rings. The standard InChI is InChI=1S/C15H28N4O/c1-4-20-9-5-7-19-11-13(2)17-15(19)16-10-14-6-8-18(3)12-14/h11,14H,4-10,12H2,1-3H3,(H,16,17). The largest absolute Gasteiger partial charge is 0.382 e. The van der Waals surface area contributed by atoms with Crippen LogP contribution in [0.1, 0.15) is 25.5 Å². The lowest BCUT2D eigenvalue weighted by Gasteiger charge is -2.13. The van der Waals surface area contributed by atoms with Crippen molar-refractivity contribution >= 4 is 5.95 Å².